The van der Waals surface area contributed by atoms with Gasteiger partial charge in [0, 0.05) is 24.0 Å². The summed E-state index contributed by atoms with van der Waals surface area (Å²) in [7, 11) is 0. The summed E-state index contributed by atoms with van der Waals surface area (Å²) in [5.74, 6) is -0.963. The van der Waals surface area contributed by atoms with E-state index >= 15 is 0 Å². The Kier molecular flexibility index (Phi) is 7.46. The third-order valence-electron chi connectivity index (χ3n) is 9.00. The second-order valence-corrected chi connectivity index (χ2v) is 13.3. The van der Waals surface area contributed by atoms with E-state index in [1.54, 1.807) is 29.4 Å². The standard InChI is InChI=1S/C34H37F2N5O4/c1-33(2,3)45-32(42)40-15-14-34(12-13-34)27(20-40)44-28-19-37-18-25(38-28)31-22-17-21(30-23(35)7-6-8-24(30)36)10-11-26(22)41(39-31)29-9-4-5-16-43-29/h6-8,10-11,17-19,27,29H,4-5,9,12-16,20H2,1-3H3/t27-,29?/m0/s1. The Hall–Kier alpha value is -4.12. The summed E-state index contributed by atoms with van der Waals surface area (Å²) in [5.41, 5.74) is 1.44. The van der Waals surface area contributed by atoms with Crippen LogP contribution in [0.3, 0.4) is 0 Å². The maximum atomic E-state index is 14.8. The van der Waals surface area contributed by atoms with Crippen molar-refractivity contribution in [3.8, 4) is 28.4 Å². The highest BCUT2D eigenvalue weighted by molar-refractivity contribution is 5.95. The highest BCUT2D eigenvalue weighted by Crippen LogP contribution is 2.55. The van der Waals surface area contributed by atoms with Gasteiger partial charge < -0.3 is 19.1 Å². The van der Waals surface area contributed by atoms with Crippen LogP contribution in [0.4, 0.5) is 13.6 Å². The van der Waals surface area contributed by atoms with Gasteiger partial charge in [0.05, 0.1) is 30.0 Å². The van der Waals surface area contributed by atoms with Crippen molar-refractivity contribution in [3.63, 3.8) is 0 Å². The summed E-state index contributed by atoms with van der Waals surface area (Å²) < 4.78 is 49.6. The van der Waals surface area contributed by atoms with Crippen LogP contribution in [0.5, 0.6) is 5.88 Å². The van der Waals surface area contributed by atoms with Crippen LogP contribution >= 0.6 is 0 Å². The molecule has 1 saturated carbocycles. The normalized spacial score (nSPS) is 21.2. The first-order valence-electron chi connectivity index (χ1n) is 15.7. The SMILES string of the molecule is CC(C)(C)OC(=O)N1CCC2(CC2)[C@@H](Oc2cncc(-c3nn(C4CCCCO4)c4ccc(-c5c(F)cccc5F)cc34)n2)C1. The molecule has 11 heteroatoms. The van der Waals surface area contributed by atoms with Gasteiger partial charge in [0.2, 0.25) is 5.88 Å². The predicted octanol–water partition coefficient (Wildman–Crippen LogP) is 7.31. The number of likely N-dealkylation sites (tertiary alicyclic amines) is 1. The Morgan fingerprint density at radius 3 is 2.58 bits per heavy atom. The predicted molar refractivity (Wildman–Crippen MR) is 163 cm³/mol. The van der Waals surface area contributed by atoms with Crippen molar-refractivity contribution in [2.45, 2.75) is 77.2 Å². The lowest BCUT2D eigenvalue weighted by molar-refractivity contribution is -0.0365. The van der Waals surface area contributed by atoms with E-state index in [9.17, 15) is 13.6 Å². The quantitative estimate of drug-likeness (QED) is 0.232. The molecule has 7 rings (SSSR count). The molecule has 1 amide bonds. The van der Waals surface area contributed by atoms with Gasteiger partial charge >= 0.3 is 6.09 Å². The number of carbonyl (C=O) groups is 1. The molecule has 2 aliphatic heterocycles. The largest absolute Gasteiger partial charge is 0.471 e. The van der Waals surface area contributed by atoms with E-state index in [2.05, 4.69) is 4.98 Å². The number of carbonyl (C=O) groups excluding carboxylic acids is 1. The minimum absolute atomic E-state index is 0.00151. The Balaban J connectivity index is 1.24. The van der Waals surface area contributed by atoms with E-state index in [0.29, 0.717) is 47.9 Å². The van der Waals surface area contributed by atoms with Crippen LogP contribution in [0, 0.1) is 17.0 Å². The third-order valence-corrected chi connectivity index (χ3v) is 9.00. The molecule has 3 aliphatic rings. The Morgan fingerprint density at radius 1 is 1.07 bits per heavy atom. The van der Waals surface area contributed by atoms with E-state index in [4.69, 9.17) is 24.3 Å². The van der Waals surface area contributed by atoms with Crippen molar-refractivity contribution in [2.75, 3.05) is 19.7 Å². The number of nitrogens with zero attached hydrogens (tertiary/aromatic N) is 5. The van der Waals surface area contributed by atoms with Crippen LogP contribution in [-0.4, -0.2) is 62.1 Å². The summed E-state index contributed by atoms with van der Waals surface area (Å²) in [6, 6.07) is 9.11. The van der Waals surface area contributed by atoms with Gasteiger partial charge in [-0.15, -0.1) is 0 Å². The highest BCUT2D eigenvalue weighted by Gasteiger charge is 2.54. The molecule has 2 atom stereocenters. The lowest BCUT2D eigenvalue weighted by atomic mass is 9.90. The molecule has 2 saturated heterocycles. The number of amides is 1. The molecular weight excluding hydrogens is 580 g/mol. The summed E-state index contributed by atoms with van der Waals surface area (Å²) >= 11 is 0. The van der Waals surface area contributed by atoms with Gasteiger partial charge in [0.25, 0.3) is 0 Å². The second kappa shape index (κ2) is 11.3. The molecule has 2 aromatic carbocycles. The van der Waals surface area contributed by atoms with Gasteiger partial charge in [0.15, 0.2) is 6.23 Å². The average Bonchev–Trinajstić information content (AvgIpc) is 3.68. The third kappa shape index (κ3) is 5.85. The fraction of sp³-hybridized carbons (Fsp3) is 0.471. The van der Waals surface area contributed by atoms with Crippen LogP contribution in [0.25, 0.3) is 33.4 Å². The second-order valence-electron chi connectivity index (χ2n) is 13.3. The van der Waals surface area contributed by atoms with Gasteiger partial charge in [-0.2, -0.15) is 5.10 Å². The van der Waals surface area contributed by atoms with Crippen molar-refractivity contribution < 1.29 is 27.8 Å². The first kappa shape index (κ1) is 29.6. The zero-order valence-electron chi connectivity index (χ0n) is 25.8. The van der Waals surface area contributed by atoms with Crippen LogP contribution in [0.1, 0.15) is 65.5 Å². The molecular formula is C34H37F2N5O4. The smallest absolute Gasteiger partial charge is 0.410 e. The fourth-order valence-corrected chi connectivity index (χ4v) is 6.45. The zero-order valence-corrected chi connectivity index (χ0v) is 25.8. The van der Waals surface area contributed by atoms with Crippen molar-refractivity contribution >= 4 is 17.0 Å². The minimum Gasteiger partial charge on any atom is -0.471 e. The van der Waals surface area contributed by atoms with E-state index in [0.717, 1.165) is 44.0 Å². The number of hydrogen-bond acceptors (Lipinski definition) is 7. The number of aromatic nitrogens is 4. The number of halogens is 2. The van der Waals surface area contributed by atoms with Gasteiger partial charge in [-0.1, -0.05) is 12.1 Å². The topological polar surface area (TPSA) is 91.6 Å². The molecule has 45 heavy (non-hydrogen) atoms. The first-order valence-corrected chi connectivity index (χ1v) is 15.7. The fourth-order valence-electron chi connectivity index (χ4n) is 6.45. The Morgan fingerprint density at radius 2 is 1.87 bits per heavy atom. The van der Waals surface area contributed by atoms with Crippen molar-refractivity contribution in [1.82, 2.24) is 24.6 Å². The van der Waals surface area contributed by atoms with Crippen LogP contribution in [-0.2, 0) is 9.47 Å². The lowest BCUT2D eigenvalue weighted by Crippen LogP contribution is -2.51. The number of piperidine rings is 1. The Bertz CT molecular complexity index is 1720. The number of rotatable bonds is 5. The zero-order chi connectivity index (χ0) is 31.3. The maximum absolute atomic E-state index is 14.8. The molecule has 9 nitrogen and oxygen atoms in total. The number of hydrogen-bond donors (Lipinski definition) is 0. The van der Waals surface area contributed by atoms with Crippen LogP contribution in [0.2, 0.25) is 0 Å². The molecule has 236 valence electrons. The molecule has 1 unspecified atom stereocenters. The van der Waals surface area contributed by atoms with Crippen molar-refractivity contribution in [2.24, 2.45) is 5.41 Å². The van der Waals surface area contributed by atoms with Crippen LogP contribution < -0.4 is 4.74 Å². The van der Waals surface area contributed by atoms with E-state index < -0.39 is 17.2 Å². The molecule has 0 radical (unpaired) electrons. The molecule has 4 aromatic rings. The van der Waals surface area contributed by atoms with Gasteiger partial charge in [-0.3, -0.25) is 4.98 Å². The maximum Gasteiger partial charge on any atom is 0.410 e. The minimum atomic E-state index is -0.643. The highest BCUT2D eigenvalue weighted by atomic mass is 19.1. The van der Waals surface area contributed by atoms with Gasteiger partial charge in [-0.25, -0.2) is 23.2 Å². The molecule has 1 spiro atoms. The number of benzene rings is 2. The average molecular weight is 618 g/mol. The molecule has 0 N–H and O–H groups in total. The number of fused-ring (bicyclic) bond motifs is 1. The summed E-state index contributed by atoms with van der Waals surface area (Å²) in [5, 5.41) is 5.61. The van der Waals surface area contributed by atoms with E-state index in [-0.39, 0.29) is 29.4 Å². The molecule has 4 heterocycles. The van der Waals surface area contributed by atoms with Crippen LogP contribution in [0.15, 0.2) is 48.8 Å². The monoisotopic (exact) mass is 617 g/mol. The molecule has 1 aliphatic carbocycles. The molecule has 3 fully saturated rings. The van der Waals surface area contributed by atoms with E-state index in [1.165, 1.54) is 18.2 Å². The Labute approximate surface area is 260 Å². The summed E-state index contributed by atoms with van der Waals surface area (Å²) in [6.45, 7) is 7.22. The molecule has 0 bridgehead atoms. The van der Waals surface area contributed by atoms with Gasteiger partial charge in [-0.05, 0) is 89.1 Å². The molecule has 2 aromatic heterocycles. The summed E-state index contributed by atoms with van der Waals surface area (Å²) in [6.07, 6.45) is 7.96. The van der Waals surface area contributed by atoms with Crippen molar-refractivity contribution in [1.29, 1.82) is 0 Å². The van der Waals surface area contributed by atoms with Crippen molar-refractivity contribution in [3.05, 3.63) is 60.4 Å². The lowest BCUT2D eigenvalue weighted by Gasteiger charge is -2.39. The number of ether oxygens (including phenoxy) is 3. The summed E-state index contributed by atoms with van der Waals surface area (Å²) in [4.78, 5) is 23.8. The first-order chi connectivity index (χ1) is 21.6. The van der Waals surface area contributed by atoms with Gasteiger partial charge in [0.1, 0.15) is 34.7 Å². The van der Waals surface area contributed by atoms with E-state index in [1.807, 2.05) is 31.5 Å².